The van der Waals surface area contributed by atoms with Crippen molar-refractivity contribution in [3.05, 3.63) is 27.6 Å². The summed E-state index contributed by atoms with van der Waals surface area (Å²) in [6.45, 7) is 5.00. The monoisotopic (exact) mass is 328 g/mol. The minimum atomic E-state index is 0.445. The number of rotatable bonds is 4. The molecule has 0 unspecified atom stereocenters. The maximum atomic E-state index is 6.12. The van der Waals surface area contributed by atoms with Gasteiger partial charge in [-0.2, -0.15) is 5.10 Å². The van der Waals surface area contributed by atoms with Gasteiger partial charge in [0.25, 0.3) is 0 Å². The molecule has 2 rings (SSSR count). The van der Waals surface area contributed by atoms with E-state index in [1.807, 2.05) is 17.7 Å². The largest absolute Gasteiger partial charge is 0.262 e. The van der Waals surface area contributed by atoms with Gasteiger partial charge in [-0.15, -0.1) is 0 Å². The topological polar surface area (TPSA) is 43.6 Å². The van der Waals surface area contributed by atoms with Crippen LogP contribution in [-0.4, -0.2) is 19.7 Å². The van der Waals surface area contributed by atoms with E-state index in [2.05, 4.69) is 37.9 Å². The molecular formula is C12H14BrClN4. The van der Waals surface area contributed by atoms with Crippen molar-refractivity contribution in [2.45, 2.75) is 33.2 Å². The van der Waals surface area contributed by atoms with E-state index >= 15 is 0 Å². The predicted octanol–water partition coefficient (Wildman–Crippen LogP) is 3.73. The lowest BCUT2D eigenvalue weighted by atomic mass is 10.3. The van der Waals surface area contributed by atoms with Crippen molar-refractivity contribution >= 4 is 27.5 Å². The summed E-state index contributed by atoms with van der Waals surface area (Å²) in [6, 6.07) is 1.91. The Morgan fingerprint density at radius 1 is 1.33 bits per heavy atom. The lowest BCUT2D eigenvalue weighted by Gasteiger charge is -2.08. The molecule has 2 aromatic rings. The van der Waals surface area contributed by atoms with Crippen LogP contribution >= 0.6 is 27.5 Å². The van der Waals surface area contributed by atoms with Gasteiger partial charge in [0.1, 0.15) is 10.8 Å². The molecule has 0 N–H and O–H groups in total. The third-order valence-corrected chi connectivity index (χ3v) is 3.93. The maximum absolute atomic E-state index is 6.12. The second kappa shape index (κ2) is 5.80. The van der Waals surface area contributed by atoms with Crippen molar-refractivity contribution in [3.63, 3.8) is 0 Å². The molecule has 0 radical (unpaired) electrons. The standard InChI is InChI=1S/C12H14BrClN4/c1-3-7-18-9(5-6-15-18)12-16-8(4-2)10(13)11(14)17-12/h5-6H,3-4,7H2,1-2H3. The molecule has 96 valence electrons. The summed E-state index contributed by atoms with van der Waals surface area (Å²) in [4.78, 5) is 8.85. The summed E-state index contributed by atoms with van der Waals surface area (Å²) < 4.78 is 2.68. The van der Waals surface area contributed by atoms with Crippen LogP contribution < -0.4 is 0 Å². The molecule has 0 amide bonds. The highest BCUT2D eigenvalue weighted by atomic mass is 79.9. The molecule has 0 bridgehead atoms. The van der Waals surface area contributed by atoms with Crippen LogP contribution in [0.15, 0.2) is 16.7 Å². The molecule has 0 atom stereocenters. The first-order valence-electron chi connectivity index (χ1n) is 5.91. The quantitative estimate of drug-likeness (QED) is 0.803. The van der Waals surface area contributed by atoms with Crippen LogP contribution in [0.1, 0.15) is 26.0 Å². The van der Waals surface area contributed by atoms with E-state index < -0.39 is 0 Å². The molecule has 0 aromatic carbocycles. The third kappa shape index (κ3) is 2.57. The molecule has 2 aromatic heterocycles. The number of hydrogen-bond acceptors (Lipinski definition) is 3. The summed E-state index contributed by atoms with van der Waals surface area (Å²) in [6.07, 6.45) is 3.58. The normalized spacial score (nSPS) is 10.9. The molecule has 0 spiro atoms. The van der Waals surface area contributed by atoms with Crippen LogP contribution in [0.4, 0.5) is 0 Å². The van der Waals surface area contributed by atoms with Crippen molar-refractivity contribution < 1.29 is 0 Å². The van der Waals surface area contributed by atoms with Crippen LogP contribution in [0.5, 0.6) is 0 Å². The molecule has 4 nitrogen and oxygen atoms in total. The highest BCUT2D eigenvalue weighted by Crippen LogP contribution is 2.27. The minimum absolute atomic E-state index is 0.445. The zero-order valence-corrected chi connectivity index (χ0v) is 12.7. The molecule has 0 fully saturated rings. The summed E-state index contributed by atoms with van der Waals surface area (Å²) in [5, 5.41) is 4.72. The molecule has 0 aliphatic rings. The lowest BCUT2D eigenvalue weighted by molar-refractivity contribution is 0.606. The molecule has 0 aliphatic carbocycles. The summed E-state index contributed by atoms with van der Waals surface area (Å²) >= 11 is 9.52. The number of nitrogens with zero attached hydrogens (tertiary/aromatic N) is 4. The first kappa shape index (κ1) is 13.5. The molecule has 0 saturated carbocycles. The van der Waals surface area contributed by atoms with Gasteiger partial charge in [-0.3, -0.25) is 4.68 Å². The molecule has 18 heavy (non-hydrogen) atoms. The Morgan fingerprint density at radius 2 is 2.11 bits per heavy atom. The van der Waals surface area contributed by atoms with E-state index in [1.165, 1.54) is 0 Å². The molecule has 0 saturated heterocycles. The Hall–Kier alpha value is -0.940. The van der Waals surface area contributed by atoms with Gasteiger partial charge in [-0.25, -0.2) is 9.97 Å². The van der Waals surface area contributed by atoms with Crippen LogP contribution in [-0.2, 0) is 13.0 Å². The third-order valence-electron chi connectivity index (χ3n) is 2.60. The van der Waals surface area contributed by atoms with E-state index in [-0.39, 0.29) is 0 Å². The van der Waals surface area contributed by atoms with E-state index in [1.54, 1.807) is 6.20 Å². The fourth-order valence-corrected chi connectivity index (χ4v) is 2.37. The lowest BCUT2D eigenvalue weighted by Crippen LogP contribution is -2.05. The Balaban J connectivity index is 2.50. The fourth-order valence-electron chi connectivity index (χ4n) is 1.72. The zero-order chi connectivity index (χ0) is 13.1. The Labute approximate surface area is 120 Å². The summed E-state index contributed by atoms with van der Waals surface area (Å²) in [5.74, 6) is 0.631. The smallest absolute Gasteiger partial charge is 0.179 e. The first-order valence-corrected chi connectivity index (χ1v) is 7.08. The first-order chi connectivity index (χ1) is 8.67. The van der Waals surface area contributed by atoms with E-state index in [0.717, 1.165) is 35.2 Å². The zero-order valence-electron chi connectivity index (χ0n) is 10.3. The average molecular weight is 330 g/mol. The van der Waals surface area contributed by atoms with Crippen LogP contribution in [0, 0.1) is 0 Å². The summed E-state index contributed by atoms with van der Waals surface area (Å²) in [5.41, 5.74) is 1.81. The second-order valence-electron chi connectivity index (χ2n) is 3.89. The second-order valence-corrected chi connectivity index (χ2v) is 5.04. The van der Waals surface area contributed by atoms with Gasteiger partial charge >= 0.3 is 0 Å². The van der Waals surface area contributed by atoms with Gasteiger partial charge in [0, 0.05) is 12.7 Å². The number of hydrogen-bond donors (Lipinski definition) is 0. The van der Waals surface area contributed by atoms with Crippen molar-refractivity contribution in [1.29, 1.82) is 0 Å². The minimum Gasteiger partial charge on any atom is -0.262 e. The van der Waals surface area contributed by atoms with Crippen molar-refractivity contribution in [3.8, 4) is 11.5 Å². The van der Waals surface area contributed by atoms with Gasteiger partial charge < -0.3 is 0 Å². The van der Waals surface area contributed by atoms with Crippen LogP contribution in [0.25, 0.3) is 11.5 Å². The van der Waals surface area contributed by atoms with Crippen molar-refractivity contribution in [2.24, 2.45) is 0 Å². The van der Waals surface area contributed by atoms with Crippen molar-refractivity contribution in [1.82, 2.24) is 19.7 Å². The Kier molecular flexibility index (Phi) is 4.35. The maximum Gasteiger partial charge on any atom is 0.179 e. The molecule has 0 aliphatic heterocycles. The number of halogens is 2. The molecule has 2 heterocycles. The summed E-state index contributed by atoms with van der Waals surface area (Å²) in [7, 11) is 0. The fraction of sp³-hybridized carbons (Fsp3) is 0.417. The highest BCUT2D eigenvalue weighted by Gasteiger charge is 2.13. The van der Waals surface area contributed by atoms with Gasteiger partial charge in [0.2, 0.25) is 0 Å². The van der Waals surface area contributed by atoms with E-state index in [4.69, 9.17) is 11.6 Å². The van der Waals surface area contributed by atoms with Gasteiger partial charge in [-0.05, 0) is 34.8 Å². The number of aryl methyl sites for hydroxylation is 2. The van der Waals surface area contributed by atoms with Crippen LogP contribution in [0.3, 0.4) is 0 Å². The molecular weight excluding hydrogens is 316 g/mol. The average Bonchev–Trinajstić information content (AvgIpc) is 2.81. The molecule has 6 heteroatoms. The Morgan fingerprint density at radius 3 is 2.78 bits per heavy atom. The van der Waals surface area contributed by atoms with Crippen molar-refractivity contribution in [2.75, 3.05) is 0 Å². The van der Waals surface area contributed by atoms with E-state index in [9.17, 15) is 0 Å². The SMILES string of the molecule is CCCn1nccc1-c1nc(Cl)c(Br)c(CC)n1. The Bertz CT molecular complexity index is 553. The van der Waals surface area contributed by atoms with E-state index in [0.29, 0.717) is 11.0 Å². The van der Waals surface area contributed by atoms with Gasteiger partial charge in [-0.1, -0.05) is 25.4 Å². The van der Waals surface area contributed by atoms with Crippen LogP contribution in [0.2, 0.25) is 5.15 Å². The highest BCUT2D eigenvalue weighted by molar-refractivity contribution is 9.10. The van der Waals surface area contributed by atoms with Gasteiger partial charge in [0.05, 0.1) is 10.2 Å². The number of aromatic nitrogens is 4. The predicted molar refractivity (Wildman–Crippen MR) is 75.6 cm³/mol. The van der Waals surface area contributed by atoms with Gasteiger partial charge in [0.15, 0.2) is 5.82 Å².